The molecule has 0 radical (unpaired) electrons. The van der Waals surface area contributed by atoms with Crippen molar-refractivity contribution < 1.29 is 26.9 Å². The molecule has 5 nitrogen and oxygen atoms in total. The van der Waals surface area contributed by atoms with Crippen molar-refractivity contribution in [2.45, 2.75) is 58.4 Å². The Bertz CT molecular complexity index is 286. The van der Waals surface area contributed by atoms with Crippen LogP contribution in [0.1, 0.15) is 39.5 Å². The maximum atomic E-state index is 13.4. The number of halogens is 2. The maximum absolute atomic E-state index is 13.4. The highest BCUT2D eigenvalue weighted by Gasteiger charge is 2.38. The number of phosphoric ester groups is 1. The van der Waals surface area contributed by atoms with Crippen LogP contribution in [-0.2, 0) is 18.1 Å². The van der Waals surface area contributed by atoms with Gasteiger partial charge in [-0.2, -0.15) is 0 Å². The van der Waals surface area contributed by atoms with E-state index in [1.807, 2.05) is 0 Å². The summed E-state index contributed by atoms with van der Waals surface area (Å²) in [5.41, 5.74) is 0. The van der Waals surface area contributed by atoms with E-state index in [0.29, 0.717) is 25.9 Å². The van der Waals surface area contributed by atoms with Crippen LogP contribution in [0.4, 0.5) is 8.78 Å². The topological polar surface area (TPSA) is 56.8 Å². The third-order valence-electron chi connectivity index (χ3n) is 2.54. The predicted molar refractivity (Wildman–Crippen MR) is 67.1 cm³/mol. The van der Waals surface area contributed by atoms with E-state index in [9.17, 15) is 13.3 Å². The van der Waals surface area contributed by atoms with Gasteiger partial charge in [-0.1, -0.05) is 26.7 Å². The quantitative estimate of drug-likeness (QED) is 0.627. The highest BCUT2D eigenvalue weighted by atomic mass is 31.2. The van der Waals surface area contributed by atoms with E-state index >= 15 is 0 Å². The Morgan fingerprint density at radius 1 is 1.16 bits per heavy atom. The first kappa shape index (κ1) is 17.0. The first-order valence-corrected chi connectivity index (χ1v) is 8.09. The molecule has 0 amide bonds. The van der Waals surface area contributed by atoms with Crippen LogP contribution in [0, 0.1) is 0 Å². The van der Waals surface area contributed by atoms with E-state index in [4.69, 9.17) is 4.52 Å². The van der Waals surface area contributed by atoms with Crippen molar-refractivity contribution in [1.29, 1.82) is 0 Å². The molecule has 19 heavy (non-hydrogen) atoms. The van der Waals surface area contributed by atoms with Crippen LogP contribution in [0.15, 0.2) is 0 Å². The summed E-state index contributed by atoms with van der Waals surface area (Å²) in [6.45, 7) is 4.44. The normalized spacial score (nSPS) is 22.5. The molecule has 2 atom stereocenters. The number of rotatable bonds is 10. The largest absolute Gasteiger partial charge is 0.480 e. The van der Waals surface area contributed by atoms with E-state index in [1.54, 1.807) is 13.8 Å². The van der Waals surface area contributed by atoms with Gasteiger partial charge in [-0.15, -0.1) is 0 Å². The minimum atomic E-state index is -4.20. The smallest absolute Gasteiger partial charge is 0.311 e. The highest BCUT2D eigenvalue weighted by molar-refractivity contribution is 7.48. The average Bonchev–Trinajstić information content (AvgIpc) is 2.24. The third kappa shape index (κ3) is 6.27. The fraction of sp³-hybridized carbons (Fsp3) is 1.00. The van der Waals surface area contributed by atoms with Gasteiger partial charge in [0.1, 0.15) is 0 Å². The van der Waals surface area contributed by atoms with Gasteiger partial charge in [-0.25, -0.2) is 13.3 Å². The highest BCUT2D eigenvalue weighted by Crippen LogP contribution is 2.54. The van der Waals surface area contributed by atoms with Crippen LogP contribution in [0.5, 0.6) is 0 Å². The predicted octanol–water partition coefficient (Wildman–Crippen LogP) is 3.31. The zero-order valence-electron chi connectivity index (χ0n) is 11.3. The second-order valence-corrected chi connectivity index (χ2v) is 5.97. The molecule has 1 aliphatic heterocycles. The van der Waals surface area contributed by atoms with Crippen molar-refractivity contribution in [1.82, 2.24) is 5.32 Å². The number of hydrogen-bond acceptors (Lipinski definition) is 5. The molecule has 1 aliphatic rings. The Balaban J connectivity index is 2.56. The molecule has 1 rings (SSSR count). The monoisotopic (exact) mass is 301 g/mol. The molecule has 1 fully saturated rings. The van der Waals surface area contributed by atoms with Crippen molar-refractivity contribution >= 4 is 7.82 Å². The first-order valence-electron chi connectivity index (χ1n) is 6.63. The third-order valence-corrected chi connectivity index (χ3v) is 4.07. The van der Waals surface area contributed by atoms with Crippen LogP contribution in [0.25, 0.3) is 0 Å². The molecule has 0 aromatic heterocycles. The summed E-state index contributed by atoms with van der Waals surface area (Å²) in [4.78, 5) is 0. The van der Waals surface area contributed by atoms with Gasteiger partial charge in [0.05, 0.1) is 6.10 Å². The van der Waals surface area contributed by atoms with E-state index in [2.05, 4.69) is 14.4 Å². The van der Waals surface area contributed by atoms with Crippen molar-refractivity contribution in [2.24, 2.45) is 0 Å². The Morgan fingerprint density at radius 3 is 1.95 bits per heavy atom. The summed E-state index contributed by atoms with van der Waals surface area (Å²) >= 11 is 0. The molecule has 0 saturated carbocycles. The van der Waals surface area contributed by atoms with Crippen LogP contribution in [0.3, 0.4) is 0 Å². The second-order valence-electron chi connectivity index (χ2n) is 4.44. The summed E-state index contributed by atoms with van der Waals surface area (Å²) in [5, 5.41) is 2.90. The molecule has 1 saturated heterocycles. The maximum Gasteiger partial charge on any atom is 0.480 e. The Morgan fingerprint density at radius 2 is 1.63 bits per heavy atom. The lowest BCUT2D eigenvalue weighted by Gasteiger charge is -2.31. The average molecular weight is 301 g/mol. The standard InChI is InChI=1S/C11H22F2NO4P/c1-3-5-10(12)17-19(15,16-9-7-14-8-9)18-11(13)6-4-2/h9-11,14H,3-8H2,1-2H3. The second kappa shape index (κ2) is 8.27. The van der Waals surface area contributed by atoms with Crippen LogP contribution in [-0.4, -0.2) is 31.9 Å². The molecule has 114 valence electrons. The van der Waals surface area contributed by atoms with Gasteiger partial charge >= 0.3 is 7.82 Å². The van der Waals surface area contributed by atoms with Crippen molar-refractivity contribution in [2.75, 3.05) is 13.1 Å². The molecule has 0 aliphatic carbocycles. The summed E-state index contributed by atoms with van der Waals surface area (Å²) in [7, 11) is -4.20. The fourth-order valence-corrected chi connectivity index (χ4v) is 2.87. The van der Waals surface area contributed by atoms with Gasteiger partial charge in [0.15, 0.2) is 0 Å². The van der Waals surface area contributed by atoms with Gasteiger partial charge in [0.25, 0.3) is 0 Å². The SMILES string of the molecule is CCCC(F)OP(=O)(OC(F)CCC)OC1CNC1. The molecule has 0 spiro atoms. The van der Waals surface area contributed by atoms with E-state index < -0.39 is 26.6 Å². The van der Waals surface area contributed by atoms with Gasteiger partial charge in [0.2, 0.25) is 12.7 Å². The Hall–Kier alpha value is -0.0700. The first-order chi connectivity index (χ1) is 8.99. The number of phosphoric acid groups is 1. The van der Waals surface area contributed by atoms with Gasteiger partial charge < -0.3 is 5.32 Å². The fourth-order valence-electron chi connectivity index (χ4n) is 1.43. The number of hydrogen-bond donors (Lipinski definition) is 1. The summed E-state index contributed by atoms with van der Waals surface area (Å²) in [6.07, 6.45) is -2.81. The van der Waals surface area contributed by atoms with Crippen molar-refractivity contribution in [3.63, 3.8) is 0 Å². The molecule has 2 unspecified atom stereocenters. The molecule has 1 heterocycles. The summed E-state index contributed by atoms with van der Waals surface area (Å²) in [5.74, 6) is 0. The van der Waals surface area contributed by atoms with E-state index in [-0.39, 0.29) is 12.8 Å². The summed E-state index contributed by atoms with van der Waals surface area (Å²) < 4.78 is 53.5. The zero-order valence-corrected chi connectivity index (χ0v) is 12.2. The Labute approximate surface area is 112 Å². The lowest BCUT2D eigenvalue weighted by Crippen LogP contribution is -2.48. The lowest BCUT2D eigenvalue weighted by molar-refractivity contribution is -0.0494. The van der Waals surface area contributed by atoms with E-state index in [0.717, 1.165) is 0 Å². The number of nitrogens with one attached hydrogen (secondary N) is 1. The zero-order chi connectivity index (χ0) is 14.3. The van der Waals surface area contributed by atoms with Crippen LogP contribution < -0.4 is 5.32 Å². The van der Waals surface area contributed by atoms with Gasteiger partial charge in [-0.05, 0) is 0 Å². The molecular weight excluding hydrogens is 279 g/mol. The molecular formula is C11H22F2NO4P. The summed E-state index contributed by atoms with van der Waals surface area (Å²) in [6, 6.07) is 0. The number of alkyl halides is 2. The lowest BCUT2D eigenvalue weighted by atomic mass is 10.2. The molecule has 0 bridgehead atoms. The minimum Gasteiger partial charge on any atom is -0.311 e. The molecule has 1 N–H and O–H groups in total. The van der Waals surface area contributed by atoms with Crippen molar-refractivity contribution in [3.8, 4) is 0 Å². The van der Waals surface area contributed by atoms with Crippen molar-refractivity contribution in [3.05, 3.63) is 0 Å². The van der Waals surface area contributed by atoms with E-state index in [1.165, 1.54) is 0 Å². The molecule has 8 heteroatoms. The molecule has 0 aromatic rings. The molecule has 0 aromatic carbocycles. The van der Waals surface area contributed by atoms with Gasteiger partial charge in [-0.3, -0.25) is 13.6 Å². The minimum absolute atomic E-state index is 0.0599. The van der Waals surface area contributed by atoms with Crippen LogP contribution in [0.2, 0.25) is 0 Å². The van der Waals surface area contributed by atoms with Crippen LogP contribution >= 0.6 is 7.82 Å². The van der Waals surface area contributed by atoms with Gasteiger partial charge in [0, 0.05) is 25.9 Å². The Kier molecular flexibility index (Phi) is 7.39.